The second-order valence-electron chi connectivity index (χ2n) is 4.84. The van der Waals surface area contributed by atoms with E-state index in [-0.39, 0.29) is 0 Å². The molecule has 82 valence electrons. The Morgan fingerprint density at radius 1 is 1.20 bits per heavy atom. The molecule has 0 unspecified atom stereocenters. The molecule has 0 heterocycles. The molecular formula is C15H22. The van der Waals surface area contributed by atoms with E-state index in [0.717, 1.165) is 12.3 Å². The first-order valence-corrected chi connectivity index (χ1v) is 5.79. The van der Waals surface area contributed by atoms with Crippen LogP contribution in [0.25, 0.3) is 0 Å². The van der Waals surface area contributed by atoms with Crippen molar-refractivity contribution in [2.24, 2.45) is 5.92 Å². The molecular weight excluding hydrogens is 180 g/mol. The molecule has 0 atom stereocenters. The molecule has 0 N–H and O–H groups in total. The zero-order chi connectivity index (χ0) is 11.3. The lowest BCUT2D eigenvalue weighted by Gasteiger charge is -2.04. The summed E-state index contributed by atoms with van der Waals surface area (Å²) in [5.74, 6) is 0.762. The van der Waals surface area contributed by atoms with Crippen LogP contribution in [0.15, 0.2) is 35.9 Å². The van der Waals surface area contributed by atoms with Gasteiger partial charge in [-0.3, -0.25) is 0 Å². The fourth-order valence-electron chi connectivity index (χ4n) is 1.54. The van der Waals surface area contributed by atoms with Crippen molar-refractivity contribution < 1.29 is 0 Å². The van der Waals surface area contributed by atoms with Gasteiger partial charge in [-0.2, -0.15) is 0 Å². The van der Waals surface area contributed by atoms with E-state index in [1.165, 1.54) is 23.1 Å². The monoisotopic (exact) mass is 202 g/mol. The molecule has 0 fully saturated rings. The van der Waals surface area contributed by atoms with E-state index < -0.39 is 0 Å². The molecule has 0 amide bonds. The zero-order valence-corrected chi connectivity index (χ0v) is 10.4. The number of benzene rings is 1. The van der Waals surface area contributed by atoms with Gasteiger partial charge in [-0.05, 0) is 38.2 Å². The third-order valence-corrected chi connectivity index (χ3v) is 2.54. The van der Waals surface area contributed by atoms with Gasteiger partial charge in [-0.25, -0.2) is 0 Å². The number of rotatable bonds is 4. The van der Waals surface area contributed by atoms with Crippen LogP contribution in [0.2, 0.25) is 0 Å². The smallest absolute Gasteiger partial charge is 0.00699 e. The number of hydrogen-bond donors (Lipinski definition) is 0. The Balaban J connectivity index is 2.54. The van der Waals surface area contributed by atoms with Crippen LogP contribution in [0.1, 0.15) is 38.3 Å². The van der Waals surface area contributed by atoms with E-state index >= 15 is 0 Å². The van der Waals surface area contributed by atoms with Crippen molar-refractivity contribution in [2.45, 2.75) is 40.5 Å². The van der Waals surface area contributed by atoms with E-state index in [9.17, 15) is 0 Å². The lowest BCUT2D eigenvalue weighted by atomic mass is 10.0. The molecule has 0 radical (unpaired) electrons. The van der Waals surface area contributed by atoms with Crippen LogP contribution in [0.3, 0.4) is 0 Å². The highest BCUT2D eigenvalue weighted by molar-refractivity contribution is 5.25. The van der Waals surface area contributed by atoms with Gasteiger partial charge in [-0.15, -0.1) is 0 Å². The molecule has 0 aromatic heterocycles. The quantitative estimate of drug-likeness (QED) is 0.629. The molecule has 0 nitrogen and oxygen atoms in total. The molecule has 1 aromatic carbocycles. The number of allylic oxidation sites excluding steroid dienone is 2. The van der Waals surface area contributed by atoms with Crippen LogP contribution in [-0.2, 0) is 6.42 Å². The normalized spacial score (nSPS) is 12.2. The Bertz CT molecular complexity index is 314. The fourth-order valence-corrected chi connectivity index (χ4v) is 1.54. The van der Waals surface area contributed by atoms with E-state index in [1.807, 2.05) is 0 Å². The van der Waals surface area contributed by atoms with Crippen molar-refractivity contribution in [1.29, 1.82) is 0 Å². The molecule has 0 aliphatic carbocycles. The van der Waals surface area contributed by atoms with Crippen LogP contribution < -0.4 is 0 Å². The summed E-state index contributed by atoms with van der Waals surface area (Å²) < 4.78 is 0. The second-order valence-corrected chi connectivity index (χ2v) is 4.84. The molecule has 0 saturated carbocycles. The summed E-state index contributed by atoms with van der Waals surface area (Å²) in [4.78, 5) is 0. The largest absolute Gasteiger partial charge is 0.0850 e. The first kappa shape index (κ1) is 12.0. The predicted octanol–water partition coefficient (Wildman–Crippen LogP) is 4.53. The average molecular weight is 202 g/mol. The van der Waals surface area contributed by atoms with E-state index in [1.54, 1.807) is 0 Å². The Labute approximate surface area is 94.0 Å². The molecule has 0 saturated heterocycles. The van der Waals surface area contributed by atoms with E-state index in [4.69, 9.17) is 0 Å². The van der Waals surface area contributed by atoms with Gasteiger partial charge in [-0.1, -0.05) is 55.3 Å². The van der Waals surface area contributed by atoms with Crippen molar-refractivity contribution in [2.75, 3.05) is 0 Å². The SMILES string of the molecule is CC(=CCC(C)C)Cc1ccc(C)cc1. The molecule has 0 aliphatic heterocycles. The summed E-state index contributed by atoms with van der Waals surface area (Å²) in [6, 6.07) is 8.82. The highest BCUT2D eigenvalue weighted by Crippen LogP contribution is 2.11. The molecule has 0 bridgehead atoms. The third-order valence-electron chi connectivity index (χ3n) is 2.54. The van der Waals surface area contributed by atoms with E-state index in [2.05, 4.69) is 58.0 Å². The molecule has 1 aromatic rings. The topological polar surface area (TPSA) is 0 Å². The number of hydrogen-bond acceptors (Lipinski definition) is 0. The summed E-state index contributed by atoms with van der Waals surface area (Å²) in [5.41, 5.74) is 4.23. The van der Waals surface area contributed by atoms with Crippen LogP contribution in [0, 0.1) is 12.8 Å². The Hall–Kier alpha value is -1.04. The van der Waals surface area contributed by atoms with Crippen molar-refractivity contribution in [3.05, 3.63) is 47.0 Å². The van der Waals surface area contributed by atoms with Crippen molar-refractivity contribution in [1.82, 2.24) is 0 Å². The van der Waals surface area contributed by atoms with Crippen molar-refractivity contribution >= 4 is 0 Å². The van der Waals surface area contributed by atoms with Gasteiger partial charge in [0.05, 0.1) is 0 Å². The Kier molecular flexibility index (Phi) is 4.61. The van der Waals surface area contributed by atoms with Crippen LogP contribution >= 0.6 is 0 Å². The maximum Gasteiger partial charge on any atom is -0.00699 e. The van der Waals surface area contributed by atoms with Crippen LogP contribution in [0.5, 0.6) is 0 Å². The standard InChI is InChI=1S/C15H22/c1-12(2)5-6-14(4)11-15-9-7-13(3)8-10-15/h6-10,12H,5,11H2,1-4H3. The highest BCUT2D eigenvalue weighted by Gasteiger charge is 1.95. The fraction of sp³-hybridized carbons (Fsp3) is 0.467. The third kappa shape index (κ3) is 4.83. The number of aryl methyl sites for hydroxylation is 1. The minimum atomic E-state index is 0.762. The van der Waals surface area contributed by atoms with Gasteiger partial charge in [0.1, 0.15) is 0 Å². The summed E-state index contributed by atoms with van der Waals surface area (Å²) in [6.45, 7) is 8.87. The molecule has 0 aliphatic rings. The first-order valence-electron chi connectivity index (χ1n) is 5.79. The van der Waals surface area contributed by atoms with Gasteiger partial charge in [0, 0.05) is 0 Å². The average Bonchev–Trinajstić information content (AvgIpc) is 2.19. The lowest BCUT2D eigenvalue weighted by molar-refractivity contribution is 0.660. The van der Waals surface area contributed by atoms with Gasteiger partial charge >= 0.3 is 0 Å². The maximum atomic E-state index is 2.37. The van der Waals surface area contributed by atoms with Gasteiger partial charge < -0.3 is 0 Å². The minimum absolute atomic E-state index is 0.762. The molecule has 15 heavy (non-hydrogen) atoms. The second kappa shape index (κ2) is 5.75. The molecule has 0 spiro atoms. The van der Waals surface area contributed by atoms with E-state index in [0.29, 0.717) is 0 Å². The van der Waals surface area contributed by atoms with Gasteiger partial charge in [0.2, 0.25) is 0 Å². The zero-order valence-electron chi connectivity index (χ0n) is 10.4. The van der Waals surface area contributed by atoms with Gasteiger partial charge in [0.25, 0.3) is 0 Å². The molecule has 1 rings (SSSR count). The minimum Gasteiger partial charge on any atom is -0.0850 e. The van der Waals surface area contributed by atoms with Crippen molar-refractivity contribution in [3.63, 3.8) is 0 Å². The summed E-state index contributed by atoms with van der Waals surface area (Å²) in [6.07, 6.45) is 4.65. The summed E-state index contributed by atoms with van der Waals surface area (Å²) in [7, 11) is 0. The first-order chi connectivity index (χ1) is 7.08. The van der Waals surface area contributed by atoms with Crippen molar-refractivity contribution in [3.8, 4) is 0 Å². The lowest BCUT2D eigenvalue weighted by Crippen LogP contribution is -1.89. The van der Waals surface area contributed by atoms with Crippen LogP contribution in [0.4, 0.5) is 0 Å². The van der Waals surface area contributed by atoms with Crippen LogP contribution in [-0.4, -0.2) is 0 Å². The predicted molar refractivity (Wildman–Crippen MR) is 68.1 cm³/mol. The summed E-state index contributed by atoms with van der Waals surface area (Å²) >= 11 is 0. The summed E-state index contributed by atoms with van der Waals surface area (Å²) in [5, 5.41) is 0. The maximum absolute atomic E-state index is 2.37. The van der Waals surface area contributed by atoms with Gasteiger partial charge in [0.15, 0.2) is 0 Å². The Morgan fingerprint density at radius 2 is 1.80 bits per heavy atom. The molecule has 0 heteroatoms. The highest BCUT2D eigenvalue weighted by atomic mass is 14.0. The Morgan fingerprint density at radius 3 is 2.33 bits per heavy atom.